The minimum Gasteiger partial charge on any atom is -0.370 e. The number of aldehydes is 1. The number of aliphatic imine (C=N–C) groups is 2. The molecule has 0 aromatic rings. The smallest absolute Gasteiger partial charge is 0.243 e. The van der Waals surface area contributed by atoms with Gasteiger partial charge >= 0.3 is 0 Å². The van der Waals surface area contributed by atoms with E-state index < -0.39 is 41.8 Å². The van der Waals surface area contributed by atoms with E-state index in [2.05, 4.69) is 25.9 Å². The Kier molecular flexibility index (Phi) is 14.0. The Bertz CT molecular complexity index is 856. The Morgan fingerprint density at radius 1 is 0.946 bits per heavy atom. The van der Waals surface area contributed by atoms with E-state index in [-0.39, 0.29) is 25.0 Å². The molecule has 3 atom stereocenters. The van der Waals surface area contributed by atoms with Gasteiger partial charge in [-0.3, -0.25) is 29.2 Å². The van der Waals surface area contributed by atoms with E-state index in [0.29, 0.717) is 64.4 Å². The average Bonchev–Trinajstić information content (AvgIpc) is 3.35. The Balaban J connectivity index is 2.43. The first kappa shape index (κ1) is 31.1. The molecule has 208 valence electrons. The van der Waals surface area contributed by atoms with Crippen LogP contribution in [0.25, 0.3) is 0 Å². The highest BCUT2D eigenvalue weighted by Gasteiger charge is 2.34. The maximum absolute atomic E-state index is 12.6. The summed E-state index contributed by atoms with van der Waals surface area (Å²) in [5.74, 6) is -2.10. The van der Waals surface area contributed by atoms with Gasteiger partial charge in [-0.2, -0.15) is 0 Å². The van der Waals surface area contributed by atoms with Crippen molar-refractivity contribution in [2.75, 3.05) is 32.7 Å². The topological polar surface area (TPSA) is 280 Å². The van der Waals surface area contributed by atoms with Crippen molar-refractivity contribution in [1.29, 1.82) is 0 Å². The lowest BCUT2D eigenvalue weighted by Crippen LogP contribution is -2.52. The van der Waals surface area contributed by atoms with Crippen molar-refractivity contribution < 1.29 is 24.0 Å². The normalized spacial score (nSPS) is 16.1. The van der Waals surface area contributed by atoms with Crippen LogP contribution in [-0.2, 0) is 24.0 Å². The predicted molar refractivity (Wildman–Crippen MR) is 137 cm³/mol. The molecule has 4 amide bonds. The van der Waals surface area contributed by atoms with Crippen LogP contribution < -0.4 is 44.6 Å². The summed E-state index contributed by atoms with van der Waals surface area (Å²) in [6.07, 6.45) is 3.24. The number of hydrogen-bond donors (Lipinski definition) is 8. The summed E-state index contributed by atoms with van der Waals surface area (Å²) in [7, 11) is 0. The molecular weight excluding hydrogens is 486 g/mol. The molecule has 37 heavy (non-hydrogen) atoms. The van der Waals surface area contributed by atoms with E-state index >= 15 is 0 Å². The van der Waals surface area contributed by atoms with Crippen molar-refractivity contribution in [2.45, 2.75) is 56.7 Å². The molecule has 0 bridgehead atoms. The number of nitrogens with two attached hydrogens (primary N) is 5. The van der Waals surface area contributed by atoms with Crippen LogP contribution in [0.5, 0.6) is 0 Å². The number of amides is 4. The quantitative estimate of drug-likeness (QED) is 0.0412. The summed E-state index contributed by atoms with van der Waals surface area (Å²) in [4.78, 5) is 69.7. The first-order valence-corrected chi connectivity index (χ1v) is 12.0. The fourth-order valence-electron chi connectivity index (χ4n) is 3.62. The number of nitrogens with one attached hydrogen (secondary N) is 3. The zero-order valence-electron chi connectivity index (χ0n) is 20.9. The lowest BCUT2D eigenvalue weighted by atomic mass is 10.1. The number of carbonyl (C=O) groups excluding carboxylic acids is 5. The average molecular weight is 526 g/mol. The summed E-state index contributed by atoms with van der Waals surface area (Å²) >= 11 is 0. The molecule has 0 radical (unpaired) electrons. The van der Waals surface area contributed by atoms with Crippen molar-refractivity contribution in [3.8, 4) is 0 Å². The van der Waals surface area contributed by atoms with Crippen LogP contribution >= 0.6 is 0 Å². The Labute approximate surface area is 215 Å². The van der Waals surface area contributed by atoms with Gasteiger partial charge in [0.1, 0.15) is 12.3 Å². The molecule has 0 aromatic heterocycles. The highest BCUT2D eigenvalue weighted by Crippen LogP contribution is 2.17. The van der Waals surface area contributed by atoms with Crippen LogP contribution in [0.3, 0.4) is 0 Å². The Hall–Kier alpha value is -3.95. The van der Waals surface area contributed by atoms with Gasteiger partial charge in [-0.15, -0.1) is 0 Å². The molecule has 16 heteroatoms. The zero-order valence-corrected chi connectivity index (χ0v) is 20.9. The largest absolute Gasteiger partial charge is 0.370 e. The van der Waals surface area contributed by atoms with Gasteiger partial charge in [0.25, 0.3) is 0 Å². The summed E-state index contributed by atoms with van der Waals surface area (Å²) in [5.41, 5.74) is 26.7. The summed E-state index contributed by atoms with van der Waals surface area (Å²) in [5, 5.41) is 7.48. The van der Waals surface area contributed by atoms with Crippen LogP contribution in [0.2, 0.25) is 0 Å². The molecular formula is C21H39N11O5. The maximum Gasteiger partial charge on any atom is 0.243 e. The third-order valence-corrected chi connectivity index (χ3v) is 5.50. The summed E-state index contributed by atoms with van der Waals surface area (Å²) in [6.45, 7) is 0.315. The van der Waals surface area contributed by atoms with E-state index in [9.17, 15) is 24.0 Å². The van der Waals surface area contributed by atoms with Gasteiger partial charge in [-0.1, -0.05) is 0 Å². The maximum atomic E-state index is 12.6. The van der Waals surface area contributed by atoms with Crippen LogP contribution in [0.15, 0.2) is 9.98 Å². The fraction of sp³-hybridized carbons (Fsp3) is 0.667. The molecule has 0 aromatic carbocycles. The molecule has 13 N–H and O–H groups in total. The predicted octanol–water partition coefficient (Wildman–Crippen LogP) is -4.67. The first-order chi connectivity index (χ1) is 17.5. The monoisotopic (exact) mass is 525 g/mol. The van der Waals surface area contributed by atoms with Gasteiger partial charge in [0, 0.05) is 19.6 Å². The molecule has 1 rings (SSSR count). The zero-order chi connectivity index (χ0) is 27.8. The van der Waals surface area contributed by atoms with Gasteiger partial charge in [0.05, 0.1) is 25.2 Å². The standard InChI is InChI=1S/C21H39N11O5/c22-14(5-2-8-28-21(25)26)18(36)30-11-17(35)32-9-3-6-15(32)19(37)29-10-16(34)31-13(12-33)4-1-7-27-20(23)24/h12-15H,1-11,22H2,(H,29,37)(H,30,36)(H,31,34)(H4,23,24,27)(H4,25,26,28)/t13-,14-,15-/m0/s1. The molecule has 0 spiro atoms. The van der Waals surface area contributed by atoms with Crippen LogP contribution in [-0.4, -0.2) is 97.6 Å². The minimum absolute atomic E-state index is 0.0467. The van der Waals surface area contributed by atoms with E-state index in [1.165, 1.54) is 4.90 Å². The third-order valence-electron chi connectivity index (χ3n) is 5.50. The molecule has 0 unspecified atom stereocenters. The number of nitrogens with zero attached hydrogens (tertiary/aromatic N) is 3. The second-order valence-corrected chi connectivity index (χ2v) is 8.49. The fourth-order valence-corrected chi connectivity index (χ4v) is 3.62. The minimum atomic E-state index is -0.833. The van der Waals surface area contributed by atoms with Crippen molar-refractivity contribution >= 4 is 41.8 Å². The number of likely N-dealkylation sites (tertiary alicyclic amines) is 1. The number of rotatable bonds is 16. The summed E-state index contributed by atoms with van der Waals surface area (Å²) < 4.78 is 0. The van der Waals surface area contributed by atoms with Crippen LogP contribution in [0.1, 0.15) is 38.5 Å². The van der Waals surface area contributed by atoms with E-state index in [4.69, 9.17) is 28.7 Å². The second-order valence-electron chi connectivity index (χ2n) is 8.49. The van der Waals surface area contributed by atoms with Crippen LogP contribution in [0.4, 0.5) is 0 Å². The molecule has 1 aliphatic rings. The molecule has 0 saturated carbocycles. The van der Waals surface area contributed by atoms with Gasteiger partial charge in [0.2, 0.25) is 23.6 Å². The van der Waals surface area contributed by atoms with Crippen molar-refractivity contribution in [3.05, 3.63) is 0 Å². The number of guanidine groups is 2. The highest BCUT2D eigenvalue weighted by atomic mass is 16.2. The Morgan fingerprint density at radius 3 is 2.16 bits per heavy atom. The van der Waals surface area contributed by atoms with E-state index in [0.717, 1.165) is 0 Å². The molecule has 16 nitrogen and oxygen atoms in total. The van der Waals surface area contributed by atoms with Gasteiger partial charge in [-0.25, -0.2) is 0 Å². The van der Waals surface area contributed by atoms with Crippen molar-refractivity contribution in [3.63, 3.8) is 0 Å². The van der Waals surface area contributed by atoms with Gasteiger partial charge in [-0.05, 0) is 38.5 Å². The SMILES string of the molecule is NC(N)=NCCC[C@@H](C=O)NC(=O)CNC(=O)[C@@H]1CCCN1C(=O)CNC(=O)[C@@H](N)CCCN=C(N)N. The third kappa shape index (κ3) is 12.5. The molecule has 1 aliphatic heterocycles. The molecule has 1 heterocycles. The molecule has 1 fully saturated rings. The van der Waals surface area contributed by atoms with Crippen molar-refractivity contribution in [2.24, 2.45) is 38.7 Å². The Morgan fingerprint density at radius 2 is 1.57 bits per heavy atom. The van der Waals surface area contributed by atoms with E-state index in [1.807, 2.05) is 0 Å². The molecule has 0 aliphatic carbocycles. The van der Waals surface area contributed by atoms with Gasteiger partial charge in [0.15, 0.2) is 11.9 Å². The first-order valence-electron chi connectivity index (χ1n) is 12.0. The van der Waals surface area contributed by atoms with Crippen molar-refractivity contribution in [1.82, 2.24) is 20.9 Å². The number of carbonyl (C=O) groups is 5. The van der Waals surface area contributed by atoms with Gasteiger partial charge < -0.3 is 54.3 Å². The lowest BCUT2D eigenvalue weighted by Gasteiger charge is -2.24. The van der Waals surface area contributed by atoms with E-state index in [1.54, 1.807) is 0 Å². The number of hydrogen-bond acceptors (Lipinski definition) is 8. The highest BCUT2D eigenvalue weighted by molar-refractivity contribution is 5.93. The summed E-state index contributed by atoms with van der Waals surface area (Å²) in [6, 6.07) is -2.35. The molecule has 1 saturated heterocycles. The lowest BCUT2D eigenvalue weighted by molar-refractivity contribution is -0.139. The van der Waals surface area contributed by atoms with Crippen LogP contribution in [0, 0.1) is 0 Å². The second kappa shape index (κ2) is 16.7.